The van der Waals surface area contributed by atoms with E-state index >= 15 is 0 Å². The summed E-state index contributed by atoms with van der Waals surface area (Å²) in [5, 5.41) is 5.42. The van der Waals surface area contributed by atoms with Crippen LogP contribution >= 0.6 is 11.3 Å². The zero-order chi connectivity index (χ0) is 41.1. The fourth-order valence-corrected chi connectivity index (χ4v) is 13.2. The molecule has 2 unspecified atom stereocenters. The fraction of sp³-hybridized carbons (Fsp3) is 0.286. The van der Waals surface area contributed by atoms with Crippen molar-refractivity contribution < 1.29 is 0 Å². The molecule has 4 heteroatoms. The van der Waals surface area contributed by atoms with Crippen molar-refractivity contribution in [2.75, 3.05) is 9.71 Å². The second-order valence-electron chi connectivity index (χ2n) is 20.8. The van der Waals surface area contributed by atoms with E-state index in [0.29, 0.717) is 0 Å². The van der Waals surface area contributed by atoms with Crippen LogP contribution in [0.3, 0.4) is 0 Å². The van der Waals surface area contributed by atoms with Gasteiger partial charge in [-0.25, -0.2) is 0 Å². The van der Waals surface area contributed by atoms with E-state index in [9.17, 15) is 0 Å². The third-order valence-corrected chi connectivity index (χ3v) is 16.6. The summed E-state index contributed by atoms with van der Waals surface area (Å²) in [5.74, 6) is 0. The van der Waals surface area contributed by atoms with Crippen molar-refractivity contribution in [2.24, 2.45) is 0 Å². The minimum absolute atomic E-state index is 0.00328. The maximum Gasteiger partial charge on any atom is 0.333 e. The van der Waals surface area contributed by atoms with Crippen molar-refractivity contribution in [1.82, 2.24) is 0 Å². The molecule has 1 saturated carbocycles. The number of fused-ring (bicyclic) bond motifs is 13. The molecule has 0 bridgehead atoms. The van der Waals surface area contributed by atoms with E-state index < -0.39 is 0 Å². The average Bonchev–Trinajstić information content (AvgIpc) is 3.72. The molecule has 7 aromatic carbocycles. The third-order valence-electron chi connectivity index (χ3n) is 15.5. The number of rotatable bonds is 2. The number of hydrogen-bond acceptors (Lipinski definition) is 3. The maximum atomic E-state index is 2.93. The molecule has 1 aliphatic carbocycles. The highest BCUT2D eigenvalue weighted by Gasteiger charge is 2.62. The number of anilines is 4. The van der Waals surface area contributed by atoms with E-state index in [4.69, 9.17) is 0 Å². The van der Waals surface area contributed by atoms with Gasteiger partial charge in [0.2, 0.25) is 0 Å². The molecule has 0 radical (unpaired) electrons. The second-order valence-corrected chi connectivity index (χ2v) is 21.9. The van der Waals surface area contributed by atoms with E-state index in [1.54, 1.807) is 5.56 Å². The van der Waals surface area contributed by atoms with Crippen LogP contribution in [0.25, 0.3) is 53.2 Å². The molecule has 8 aromatic rings. The Morgan fingerprint density at radius 1 is 0.600 bits per heavy atom. The highest BCUT2D eigenvalue weighted by atomic mass is 32.1. The monoisotopic (exact) mass is 796 g/mol. The molecule has 2 nitrogen and oxygen atoms in total. The number of benzene rings is 7. The van der Waals surface area contributed by atoms with E-state index in [2.05, 4.69) is 192 Å². The van der Waals surface area contributed by atoms with Gasteiger partial charge in [-0.05, 0) is 111 Å². The van der Waals surface area contributed by atoms with Crippen LogP contribution in [0.1, 0.15) is 97.8 Å². The fourth-order valence-electron chi connectivity index (χ4n) is 12.1. The molecule has 4 aliphatic rings. The molecular weight excluding hydrogens is 744 g/mol. The largest absolute Gasteiger partial charge is 0.376 e. The first-order valence-electron chi connectivity index (χ1n) is 22.3. The summed E-state index contributed by atoms with van der Waals surface area (Å²) < 4.78 is 2.70. The van der Waals surface area contributed by atoms with Crippen molar-refractivity contribution >= 4 is 82.8 Å². The molecule has 4 heterocycles. The molecule has 296 valence electrons. The Morgan fingerprint density at radius 2 is 1.30 bits per heavy atom. The molecule has 3 aliphatic heterocycles. The number of hydrogen-bond donors (Lipinski definition) is 0. The van der Waals surface area contributed by atoms with E-state index in [1.807, 2.05) is 11.3 Å². The summed E-state index contributed by atoms with van der Waals surface area (Å²) in [5.41, 5.74) is 17.9. The van der Waals surface area contributed by atoms with Crippen LogP contribution in [0.2, 0.25) is 0 Å². The lowest BCUT2D eigenvalue weighted by molar-refractivity contribution is 0.195. The van der Waals surface area contributed by atoms with Gasteiger partial charge in [-0.15, -0.1) is 11.3 Å². The molecule has 1 fully saturated rings. The lowest BCUT2D eigenvalue weighted by Crippen LogP contribution is -2.65. The smallest absolute Gasteiger partial charge is 0.333 e. The zero-order valence-electron chi connectivity index (χ0n) is 36.3. The highest BCUT2D eigenvalue weighted by Crippen LogP contribution is 2.64. The van der Waals surface area contributed by atoms with Crippen LogP contribution in [-0.4, -0.2) is 12.4 Å². The Labute approximate surface area is 360 Å². The van der Waals surface area contributed by atoms with Crippen molar-refractivity contribution in [1.29, 1.82) is 0 Å². The van der Waals surface area contributed by atoms with Gasteiger partial charge in [0.15, 0.2) is 0 Å². The molecular formula is C56H53BN2S. The second kappa shape index (κ2) is 12.2. The Morgan fingerprint density at radius 3 is 2.08 bits per heavy atom. The van der Waals surface area contributed by atoms with Gasteiger partial charge in [0, 0.05) is 64.8 Å². The standard InChI is InChI=1S/C56H53BN2S/c1-53(2,3)36-24-25-44(40(31-36)34-18-10-9-11-19-34)59-45-26-27-47-49(39-22-14-15-23-46(39)60-47)48(45)41-30-35-20-12-13-21-38(35)51-50(41)57(59)43-33-37(54(4,5)6)32-42-52(43)58(51)56(8)29-17-16-28-55(42,56)7/h9-15,18-27,30-33H,16-17,28-29H2,1-8H3. The third kappa shape index (κ3) is 4.72. The lowest BCUT2D eigenvalue weighted by Gasteiger charge is -2.53. The zero-order valence-corrected chi connectivity index (χ0v) is 37.1. The minimum atomic E-state index is -0.0720. The molecule has 60 heavy (non-hydrogen) atoms. The van der Waals surface area contributed by atoms with Gasteiger partial charge in [-0.2, -0.15) is 0 Å². The molecule has 0 saturated heterocycles. The SMILES string of the molecule is CC(C)(C)c1ccc(N2B3c4cc(C(C)(C)C)cc5c4N(c4c3c(cc3ccccc43)-c3c2ccc2sc4ccccc4c32)C2(C)CCCCC52C)c(-c2ccccc2)c1. The first-order valence-corrected chi connectivity index (χ1v) is 23.1. The van der Waals surface area contributed by atoms with Crippen LogP contribution in [0.15, 0.2) is 127 Å². The van der Waals surface area contributed by atoms with Gasteiger partial charge in [-0.1, -0.05) is 152 Å². The summed E-state index contributed by atoms with van der Waals surface area (Å²) in [4.78, 5) is 5.74. The van der Waals surface area contributed by atoms with Gasteiger partial charge in [0.1, 0.15) is 0 Å². The van der Waals surface area contributed by atoms with Crippen molar-refractivity contribution in [2.45, 2.75) is 103 Å². The summed E-state index contributed by atoms with van der Waals surface area (Å²) in [7, 11) is 0. The van der Waals surface area contributed by atoms with Crippen molar-refractivity contribution in [3.8, 4) is 22.3 Å². The maximum absolute atomic E-state index is 2.93. The Balaban J connectivity index is 1.31. The van der Waals surface area contributed by atoms with E-state index in [0.717, 1.165) is 0 Å². The molecule has 0 spiro atoms. The average molecular weight is 797 g/mol. The van der Waals surface area contributed by atoms with Crippen LogP contribution in [0.4, 0.5) is 22.7 Å². The summed E-state index contributed by atoms with van der Waals surface area (Å²) in [6.07, 6.45) is 4.91. The molecule has 1 aromatic heterocycles. The number of nitrogens with zero attached hydrogens (tertiary/aromatic N) is 2. The number of thiophene rings is 1. The van der Waals surface area contributed by atoms with Crippen LogP contribution < -0.4 is 20.6 Å². The van der Waals surface area contributed by atoms with Gasteiger partial charge < -0.3 is 9.71 Å². The van der Waals surface area contributed by atoms with Gasteiger partial charge in [0.05, 0.1) is 5.54 Å². The quantitative estimate of drug-likeness (QED) is 0.161. The molecule has 12 rings (SSSR count). The predicted molar refractivity (Wildman–Crippen MR) is 262 cm³/mol. The van der Waals surface area contributed by atoms with Gasteiger partial charge in [-0.3, -0.25) is 0 Å². The normalized spacial score (nSPS) is 20.4. The molecule has 0 N–H and O–H groups in total. The predicted octanol–water partition coefficient (Wildman–Crippen LogP) is 14.4. The van der Waals surface area contributed by atoms with Crippen molar-refractivity contribution in [3.05, 3.63) is 144 Å². The van der Waals surface area contributed by atoms with Crippen LogP contribution in [-0.2, 0) is 16.2 Å². The van der Waals surface area contributed by atoms with E-state index in [1.165, 1.54) is 124 Å². The molecule has 0 amide bonds. The topological polar surface area (TPSA) is 6.48 Å². The first kappa shape index (κ1) is 36.5. The Bertz CT molecular complexity index is 3130. The highest BCUT2D eigenvalue weighted by molar-refractivity contribution is 7.26. The summed E-state index contributed by atoms with van der Waals surface area (Å²) >= 11 is 1.93. The lowest BCUT2D eigenvalue weighted by atomic mass is 9.42. The van der Waals surface area contributed by atoms with Gasteiger partial charge >= 0.3 is 6.85 Å². The van der Waals surface area contributed by atoms with Crippen LogP contribution in [0, 0.1) is 0 Å². The van der Waals surface area contributed by atoms with Gasteiger partial charge in [0.25, 0.3) is 0 Å². The summed E-state index contributed by atoms with van der Waals surface area (Å²) in [6.45, 7) is 19.5. The van der Waals surface area contributed by atoms with Crippen molar-refractivity contribution in [3.63, 3.8) is 0 Å². The Hall–Kier alpha value is -5.32. The van der Waals surface area contributed by atoms with E-state index in [-0.39, 0.29) is 28.6 Å². The summed E-state index contributed by atoms with van der Waals surface area (Å²) in [6, 6.07) is 49.7. The first-order chi connectivity index (χ1) is 28.8. The Kier molecular flexibility index (Phi) is 7.41. The minimum Gasteiger partial charge on any atom is -0.376 e. The van der Waals surface area contributed by atoms with Crippen LogP contribution in [0.5, 0.6) is 0 Å². The molecule has 2 atom stereocenters.